The van der Waals surface area contributed by atoms with Crippen molar-refractivity contribution in [2.24, 2.45) is 0 Å². The van der Waals surface area contributed by atoms with Gasteiger partial charge in [0.15, 0.2) is 0 Å². The Balaban J connectivity index is 2.09. The van der Waals surface area contributed by atoms with Crippen LogP contribution in [0.2, 0.25) is 0 Å². The lowest BCUT2D eigenvalue weighted by molar-refractivity contribution is -0.137. The summed E-state index contributed by atoms with van der Waals surface area (Å²) in [6, 6.07) is 13.5. The van der Waals surface area contributed by atoms with E-state index < -0.39 is 12.0 Å². The monoisotopic (exact) mass is 399 g/mol. The first-order valence-electron chi connectivity index (χ1n) is 9.16. The number of hydrogen-bond donors (Lipinski definition) is 4. The lowest BCUT2D eigenvalue weighted by atomic mass is 10.0. The van der Waals surface area contributed by atoms with Crippen molar-refractivity contribution in [3.63, 3.8) is 0 Å². The molecule has 0 heterocycles. The molecule has 4 N–H and O–H groups in total. The molecule has 2 aromatic carbocycles. The second-order valence-corrected chi connectivity index (χ2v) is 6.51. The van der Waals surface area contributed by atoms with E-state index in [4.69, 9.17) is 9.84 Å². The smallest absolute Gasteiger partial charge is 0.319 e. The van der Waals surface area contributed by atoms with E-state index in [9.17, 15) is 14.4 Å². The third-order valence-corrected chi connectivity index (χ3v) is 4.13. The van der Waals surface area contributed by atoms with Crippen molar-refractivity contribution in [1.82, 2.24) is 5.32 Å². The SMILES string of the molecule is COc1ccc(NC(C)=O)cc1NC(=O)NC(CCC(=O)O)Cc1ccccc1. The standard InChI is InChI=1S/C21H25N3O5/c1-14(25)22-17-8-10-19(29-2)18(13-17)24-21(28)23-16(9-11-20(26)27)12-15-6-4-3-5-7-15/h3-8,10,13,16H,9,11-12H2,1-2H3,(H,22,25)(H,26,27)(H2,23,24,28). The fourth-order valence-corrected chi connectivity index (χ4v) is 2.85. The van der Waals surface area contributed by atoms with E-state index in [0.717, 1.165) is 5.56 Å². The molecule has 1 atom stereocenters. The molecule has 29 heavy (non-hydrogen) atoms. The number of rotatable bonds is 9. The van der Waals surface area contributed by atoms with E-state index in [-0.39, 0.29) is 18.4 Å². The van der Waals surface area contributed by atoms with Gasteiger partial charge in [-0.05, 0) is 36.6 Å². The molecule has 0 spiro atoms. The van der Waals surface area contributed by atoms with Crippen molar-refractivity contribution in [1.29, 1.82) is 0 Å². The zero-order chi connectivity index (χ0) is 21.2. The molecule has 0 aliphatic rings. The minimum Gasteiger partial charge on any atom is -0.495 e. The molecule has 2 rings (SSSR count). The summed E-state index contributed by atoms with van der Waals surface area (Å²) in [5.74, 6) is -0.725. The van der Waals surface area contributed by atoms with Crippen LogP contribution in [-0.2, 0) is 16.0 Å². The number of anilines is 2. The van der Waals surface area contributed by atoms with Crippen LogP contribution in [0.1, 0.15) is 25.3 Å². The number of urea groups is 1. The van der Waals surface area contributed by atoms with Gasteiger partial charge >= 0.3 is 12.0 Å². The zero-order valence-corrected chi connectivity index (χ0v) is 16.4. The molecule has 0 radical (unpaired) electrons. The molecule has 0 bridgehead atoms. The Morgan fingerprint density at radius 2 is 1.79 bits per heavy atom. The number of carboxylic acid groups (broad SMARTS) is 1. The highest BCUT2D eigenvalue weighted by Gasteiger charge is 2.16. The van der Waals surface area contributed by atoms with E-state index in [1.165, 1.54) is 14.0 Å². The number of carboxylic acids is 1. The number of methoxy groups -OCH3 is 1. The maximum atomic E-state index is 12.5. The van der Waals surface area contributed by atoms with Gasteiger partial charge in [0.1, 0.15) is 5.75 Å². The Kier molecular flexibility index (Phi) is 8.02. The summed E-state index contributed by atoms with van der Waals surface area (Å²) >= 11 is 0. The Labute approximate surface area is 169 Å². The molecule has 0 aromatic heterocycles. The van der Waals surface area contributed by atoms with Crippen LogP contribution in [-0.4, -0.2) is 36.2 Å². The Morgan fingerprint density at radius 3 is 2.41 bits per heavy atom. The van der Waals surface area contributed by atoms with Gasteiger partial charge in [-0.2, -0.15) is 0 Å². The second-order valence-electron chi connectivity index (χ2n) is 6.51. The van der Waals surface area contributed by atoms with Crippen LogP contribution in [0.3, 0.4) is 0 Å². The fraction of sp³-hybridized carbons (Fsp3) is 0.286. The highest BCUT2D eigenvalue weighted by atomic mass is 16.5. The Morgan fingerprint density at radius 1 is 1.07 bits per heavy atom. The molecule has 0 saturated carbocycles. The van der Waals surface area contributed by atoms with Crippen LogP contribution >= 0.6 is 0 Å². The molecule has 0 saturated heterocycles. The summed E-state index contributed by atoms with van der Waals surface area (Å²) in [5, 5.41) is 17.2. The van der Waals surface area contributed by atoms with Gasteiger partial charge in [0.25, 0.3) is 0 Å². The van der Waals surface area contributed by atoms with Crippen molar-refractivity contribution in [2.45, 2.75) is 32.2 Å². The van der Waals surface area contributed by atoms with Crippen LogP contribution < -0.4 is 20.7 Å². The summed E-state index contributed by atoms with van der Waals surface area (Å²) < 4.78 is 5.25. The fourth-order valence-electron chi connectivity index (χ4n) is 2.85. The molecule has 1 unspecified atom stereocenters. The number of hydrogen-bond acceptors (Lipinski definition) is 4. The van der Waals surface area contributed by atoms with Gasteiger partial charge < -0.3 is 25.8 Å². The summed E-state index contributed by atoms with van der Waals surface area (Å²) in [7, 11) is 1.47. The topological polar surface area (TPSA) is 117 Å². The van der Waals surface area contributed by atoms with Gasteiger partial charge in [0, 0.05) is 25.1 Å². The average Bonchev–Trinajstić information content (AvgIpc) is 2.66. The summed E-state index contributed by atoms with van der Waals surface area (Å²) in [6.45, 7) is 1.39. The van der Waals surface area contributed by atoms with Gasteiger partial charge in [-0.1, -0.05) is 30.3 Å². The average molecular weight is 399 g/mol. The van der Waals surface area contributed by atoms with Crippen LogP contribution in [0.15, 0.2) is 48.5 Å². The highest BCUT2D eigenvalue weighted by molar-refractivity contribution is 5.94. The third-order valence-electron chi connectivity index (χ3n) is 4.13. The van der Waals surface area contributed by atoms with Gasteiger partial charge in [-0.3, -0.25) is 9.59 Å². The number of carbonyl (C=O) groups is 3. The number of carbonyl (C=O) groups excluding carboxylic acids is 2. The normalized spacial score (nSPS) is 11.2. The molecule has 3 amide bonds. The van der Waals surface area contributed by atoms with E-state index in [2.05, 4.69) is 16.0 Å². The summed E-state index contributed by atoms with van der Waals surface area (Å²) in [4.78, 5) is 34.8. The Hall–Kier alpha value is -3.55. The molecule has 0 aliphatic carbocycles. The third kappa shape index (κ3) is 7.53. The largest absolute Gasteiger partial charge is 0.495 e. The van der Waals surface area contributed by atoms with Crippen LogP contribution in [0, 0.1) is 0 Å². The number of benzene rings is 2. The van der Waals surface area contributed by atoms with E-state index >= 15 is 0 Å². The predicted molar refractivity (Wildman–Crippen MR) is 110 cm³/mol. The van der Waals surface area contributed by atoms with Gasteiger partial charge in [-0.15, -0.1) is 0 Å². The second kappa shape index (κ2) is 10.7. The summed E-state index contributed by atoms with van der Waals surface area (Å²) in [6.07, 6.45) is 0.741. The highest BCUT2D eigenvalue weighted by Crippen LogP contribution is 2.27. The lowest BCUT2D eigenvalue weighted by Crippen LogP contribution is -2.39. The predicted octanol–water partition coefficient (Wildman–Crippen LogP) is 3.25. The van der Waals surface area contributed by atoms with E-state index in [1.807, 2.05) is 30.3 Å². The summed E-state index contributed by atoms with van der Waals surface area (Å²) in [5.41, 5.74) is 1.89. The van der Waals surface area contributed by atoms with Crippen molar-refractivity contribution in [3.8, 4) is 5.75 Å². The minimum absolute atomic E-state index is 0.0564. The van der Waals surface area contributed by atoms with Crippen LogP contribution in [0.5, 0.6) is 5.75 Å². The number of nitrogens with one attached hydrogen (secondary N) is 3. The zero-order valence-electron chi connectivity index (χ0n) is 16.4. The first-order valence-corrected chi connectivity index (χ1v) is 9.16. The van der Waals surface area contributed by atoms with Gasteiger partial charge in [-0.25, -0.2) is 4.79 Å². The van der Waals surface area contributed by atoms with Crippen molar-refractivity contribution in [2.75, 3.05) is 17.7 Å². The molecule has 2 aromatic rings. The van der Waals surface area contributed by atoms with E-state index in [0.29, 0.717) is 30.0 Å². The molecular formula is C21H25N3O5. The van der Waals surface area contributed by atoms with Gasteiger partial charge in [0.05, 0.1) is 12.8 Å². The van der Waals surface area contributed by atoms with Crippen LogP contribution in [0.25, 0.3) is 0 Å². The van der Waals surface area contributed by atoms with Crippen molar-refractivity contribution < 1.29 is 24.2 Å². The molecule has 0 fully saturated rings. The Bertz CT molecular complexity index is 855. The minimum atomic E-state index is -0.921. The first kappa shape index (κ1) is 21.7. The van der Waals surface area contributed by atoms with E-state index in [1.54, 1.807) is 18.2 Å². The number of aliphatic carboxylic acids is 1. The van der Waals surface area contributed by atoms with Crippen molar-refractivity contribution in [3.05, 3.63) is 54.1 Å². The number of amides is 3. The van der Waals surface area contributed by atoms with Crippen LogP contribution in [0.4, 0.5) is 16.2 Å². The molecule has 154 valence electrons. The molecule has 0 aliphatic heterocycles. The molecule has 8 heteroatoms. The molecular weight excluding hydrogens is 374 g/mol. The van der Waals surface area contributed by atoms with Crippen molar-refractivity contribution >= 4 is 29.3 Å². The maximum Gasteiger partial charge on any atom is 0.319 e. The maximum absolute atomic E-state index is 12.5. The molecule has 8 nitrogen and oxygen atoms in total. The first-order chi connectivity index (χ1) is 13.9. The lowest BCUT2D eigenvalue weighted by Gasteiger charge is -2.19. The van der Waals surface area contributed by atoms with Gasteiger partial charge in [0.2, 0.25) is 5.91 Å². The number of ether oxygens (including phenoxy) is 1. The quantitative estimate of drug-likeness (QED) is 0.516.